The van der Waals surface area contributed by atoms with Crippen LogP contribution in [0, 0.1) is 0 Å². The van der Waals surface area contributed by atoms with Gasteiger partial charge in [0.25, 0.3) is 5.91 Å². The molecule has 2 bridgehead atoms. The average Bonchev–Trinajstić information content (AvgIpc) is 2.97. The average molecular weight is 294 g/mol. The van der Waals surface area contributed by atoms with E-state index in [1.54, 1.807) is 11.0 Å². The third-order valence-corrected chi connectivity index (χ3v) is 4.90. The Morgan fingerprint density at radius 1 is 1.25 bits per heavy atom. The third kappa shape index (κ3) is 2.18. The van der Waals surface area contributed by atoms with Gasteiger partial charge in [-0.25, -0.2) is 4.79 Å². The van der Waals surface area contributed by atoms with Gasteiger partial charge < -0.3 is 15.3 Å². The highest BCUT2D eigenvalue weighted by Gasteiger charge is 2.40. The fraction of sp³-hybridized carbons (Fsp3) is 0.462. The van der Waals surface area contributed by atoms with Crippen LogP contribution < -0.4 is 5.32 Å². The maximum atomic E-state index is 12.6. The highest BCUT2D eigenvalue weighted by Crippen LogP contribution is 2.31. The number of hydrogen-bond donors (Lipinski definition) is 2. The minimum absolute atomic E-state index is 0.0209. The van der Waals surface area contributed by atoms with Crippen LogP contribution in [0.25, 0.3) is 0 Å². The second-order valence-electron chi connectivity index (χ2n) is 5.07. The first kappa shape index (κ1) is 13.1. The molecule has 2 aliphatic rings. The number of rotatable bonds is 2. The summed E-state index contributed by atoms with van der Waals surface area (Å²) in [6.07, 6.45) is 2.05. The molecule has 2 atom stereocenters. The molecular weight excluding hydrogens is 280 g/mol. The molecule has 106 valence electrons. The van der Waals surface area contributed by atoms with E-state index < -0.39 is 5.97 Å². The first-order valence-corrected chi connectivity index (χ1v) is 7.30. The zero-order valence-electron chi connectivity index (χ0n) is 10.7. The fourth-order valence-electron chi connectivity index (χ4n) is 2.91. The molecule has 2 fully saturated rings. The molecule has 2 amide bonds. The predicted octanol–water partition coefficient (Wildman–Crippen LogP) is 0.939. The van der Waals surface area contributed by atoms with Crippen LogP contribution in [0.4, 0.5) is 0 Å². The Morgan fingerprint density at radius 2 is 1.95 bits per heavy atom. The summed E-state index contributed by atoms with van der Waals surface area (Å²) < 4.78 is 0. The van der Waals surface area contributed by atoms with Gasteiger partial charge in [0.05, 0.1) is 4.88 Å². The monoisotopic (exact) mass is 294 g/mol. The summed E-state index contributed by atoms with van der Waals surface area (Å²) >= 11 is 0.986. The topological polar surface area (TPSA) is 86.7 Å². The Bertz CT molecular complexity index is 583. The van der Waals surface area contributed by atoms with Crippen molar-refractivity contribution in [2.24, 2.45) is 0 Å². The van der Waals surface area contributed by atoms with Crippen LogP contribution in [0.2, 0.25) is 0 Å². The van der Waals surface area contributed by atoms with Crippen molar-refractivity contribution >= 4 is 29.1 Å². The Kier molecular flexibility index (Phi) is 3.21. The SMILES string of the molecule is O=C1CC2CCC(CN1)N2C(=O)c1ccc(C(=O)O)s1. The normalized spacial score (nSPS) is 25.2. The summed E-state index contributed by atoms with van der Waals surface area (Å²) in [7, 11) is 0. The molecule has 1 aromatic heterocycles. The summed E-state index contributed by atoms with van der Waals surface area (Å²) in [5.41, 5.74) is 0. The number of thiophene rings is 1. The molecule has 2 saturated heterocycles. The largest absolute Gasteiger partial charge is 0.477 e. The molecule has 2 aliphatic heterocycles. The highest BCUT2D eigenvalue weighted by molar-refractivity contribution is 7.15. The van der Waals surface area contributed by atoms with E-state index in [4.69, 9.17) is 5.11 Å². The van der Waals surface area contributed by atoms with Crippen molar-refractivity contribution in [2.45, 2.75) is 31.3 Å². The highest BCUT2D eigenvalue weighted by atomic mass is 32.1. The van der Waals surface area contributed by atoms with Gasteiger partial charge in [0.2, 0.25) is 5.91 Å². The van der Waals surface area contributed by atoms with Crippen molar-refractivity contribution < 1.29 is 19.5 Å². The van der Waals surface area contributed by atoms with E-state index in [0.29, 0.717) is 17.8 Å². The van der Waals surface area contributed by atoms with E-state index in [0.717, 1.165) is 24.2 Å². The van der Waals surface area contributed by atoms with Crippen LogP contribution in [0.3, 0.4) is 0 Å². The first-order valence-electron chi connectivity index (χ1n) is 6.49. The van der Waals surface area contributed by atoms with Crippen molar-refractivity contribution in [2.75, 3.05) is 6.54 Å². The second kappa shape index (κ2) is 4.90. The summed E-state index contributed by atoms with van der Waals surface area (Å²) in [6.45, 7) is 0.484. The number of carboxylic acids is 1. The van der Waals surface area contributed by atoms with Crippen molar-refractivity contribution in [1.29, 1.82) is 0 Å². The Morgan fingerprint density at radius 3 is 2.65 bits per heavy atom. The first-order chi connectivity index (χ1) is 9.56. The quantitative estimate of drug-likeness (QED) is 0.850. The van der Waals surface area contributed by atoms with Crippen molar-refractivity contribution in [3.05, 3.63) is 21.9 Å². The maximum Gasteiger partial charge on any atom is 0.345 e. The van der Waals surface area contributed by atoms with Gasteiger partial charge in [-0.15, -0.1) is 11.3 Å². The second-order valence-corrected chi connectivity index (χ2v) is 6.16. The zero-order valence-corrected chi connectivity index (χ0v) is 11.5. The number of amides is 2. The van der Waals surface area contributed by atoms with E-state index in [1.807, 2.05) is 0 Å². The lowest BCUT2D eigenvalue weighted by molar-refractivity contribution is -0.121. The van der Waals surface area contributed by atoms with Crippen LogP contribution >= 0.6 is 11.3 Å². The number of aromatic carboxylic acids is 1. The van der Waals surface area contributed by atoms with Gasteiger partial charge in [-0.1, -0.05) is 0 Å². The third-order valence-electron chi connectivity index (χ3n) is 3.84. The van der Waals surface area contributed by atoms with Gasteiger partial charge in [-0.05, 0) is 25.0 Å². The predicted molar refractivity (Wildman–Crippen MR) is 71.9 cm³/mol. The number of nitrogens with one attached hydrogen (secondary N) is 1. The van der Waals surface area contributed by atoms with E-state index in [2.05, 4.69) is 5.32 Å². The molecule has 0 spiro atoms. The molecular formula is C13H14N2O4S. The number of hydrogen-bond acceptors (Lipinski definition) is 4. The van der Waals surface area contributed by atoms with Crippen LogP contribution in [0.5, 0.6) is 0 Å². The molecule has 0 radical (unpaired) electrons. The fourth-order valence-corrected chi connectivity index (χ4v) is 3.70. The molecule has 0 aliphatic carbocycles. The van der Waals surface area contributed by atoms with Crippen LogP contribution in [0.15, 0.2) is 12.1 Å². The molecule has 6 nitrogen and oxygen atoms in total. The van der Waals surface area contributed by atoms with Gasteiger partial charge >= 0.3 is 5.97 Å². The van der Waals surface area contributed by atoms with Crippen molar-refractivity contribution in [3.63, 3.8) is 0 Å². The van der Waals surface area contributed by atoms with Gasteiger partial charge in [0, 0.05) is 25.0 Å². The number of carboxylic acid groups (broad SMARTS) is 1. The van der Waals surface area contributed by atoms with E-state index >= 15 is 0 Å². The molecule has 0 aromatic carbocycles. The van der Waals surface area contributed by atoms with Gasteiger partial charge in [0.1, 0.15) is 4.88 Å². The number of fused-ring (bicyclic) bond motifs is 2. The molecule has 2 unspecified atom stereocenters. The minimum Gasteiger partial charge on any atom is -0.477 e. The summed E-state index contributed by atoms with van der Waals surface area (Å²) in [5, 5.41) is 11.7. The molecule has 20 heavy (non-hydrogen) atoms. The van der Waals surface area contributed by atoms with Crippen LogP contribution in [-0.2, 0) is 4.79 Å². The number of carbonyl (C=O) groups is 3. The van der Waals surface area contributed by atoms with Crippen LogP contribution in [-0.4, -0.2) is 46.4 Å². The lowest BCUT2D eigenvalue weighted by Crippen LogP contribution is -2.42. The molecule has 3 rings (SSSR count). The van der Waals surface area contributed by atoms with Gasteiger partial charge in [0.15, 0.2) is 0 Å². The van der Waals surface area contributed by atoms with E-state index in [1.165, 1.54) is 6.07 Å². The molecule has 2 N–H and O–H groups in total. The van der Waals surface area contributed by atoms with Gasteiger partial charge in [-0.3, -0.25) is 9.59 Å². The van der Waals surface area contributed by atoms with Crippen molar-refractivity contribution in [1.82, 2.24) is 10.2 Å². The minimum atomic E-state index is -1.02. The van der Waals surface area contributed by atoms with E-state index in [9.17, 15) is 14.4 Å². The summed E-state index contributed by atoms with van der Waals surface area (Å²) in [5.74, 6) is -1.20. The Labute approximate surface area is 119 Å². The maximum absolute atomic E-state index is 12.6. The standard InChI is InChI=1S/C13H14N2O4S/c16-11-5-7-1-2-8(6-14-11)15(7)12(17)9-3-4-10(20-9)13(18)19/h3-4,7-8H,1-2,5-6H2,(H,14,16)(H,18,19). The van der Waals surface area contributed by atoms with E-state index in [-0.39, 0.29) is 28.8 Å². The lowest BCUT2D eigenvalue weighted by atomic mass is 10.1. The summed E-state index contributed by atoms with van der Waals surface area (Å²) in [6, 6.07) is 2.96. The van der Waals surface area contributed by atoms with Crippen molar-refractivity contribution in [3.8, 4) is 0 Å². The number of carbonyl (C=O) groups excluding carboxylic acids is 2. The summed E-state index contributed by atoms with van der Waals surface area (Å²) in [4.78, 5) is 37.3. The Hall–Kier alpha value is -1.89. The molecule has 1 aromatic rings. The van der Waals surface area contributed by atoms with Crippen LogP contribution in [0.1, 0.15) is 38.6 Å². The lowest BCUT2D eigenvalue weighted by Gasteiger charge is -2.26. The molecule has 0 saturated carbocycles. The molecule has 7 heteroatoms. The number of nitrogens with zero attached hydrogens (tertiary/aromatic N) is 1. The smallest absolute Gasteiger partial charge is 0.345 e. The Balaban J connectivity index is 1.85. The molecule has 3 heterocycles. The van der Waals surface area contributed by atoms with Gasteiger partial charge in [-0.2, -0.15) is 0 Å². The zero-order chi connectivity index (χ0) is 14.3.